The summed E-state index contributed by atoms with van der Waals surface area (Å²) < 4.78 is 65.0. The third kappa shape index (κ3) is 3.39. The molecular formula is C12H8F3N3O4S. The molecule has 1 aromatic heterocycles. The molecule has 0 aliphatic carbocycles. The maximum atomic E-state index is 13.1. The van der Waals surface area contributed by atoms with Crippen LogP contribution in [0, 0.1) is 34.5 Å². The Labute approximate surface area is 128 Å². The molecule has 7 nitrogen and oxygen atoms in total. The number of anilines is 1. The molecule has 1 aromatic carbocycles. The van der Waals surface area contributed by atoms with E-state index in [0.29, 0.717) is 12.1 Å². The van der Waals surface area contributed by atoms with Gasteiger partial charge in [0.1, 0.15) is 11.5 Å². The van der Waals surface area contributed by atoms with Crippen LogP contribution in [0.3, 0.4) is 0 Å². The first kappa shape index (κ1) is 16.7. The summed E-state index contributed by atoms with van der Waals surface area (Å²) in [5.41, 5.74) is -0.390. The molecule has 23 heavy (non-hydrogen) atoms. The average Bonchev–Trinajstić information content (AvgIpc) is 2.43. The number of aryl methyl sites for hydroxylation is 1. The maximum Gasteiger partial charge on any atom is 0.290 e. The number of aromatic nitrogens is 1. The van der Waals surface area contributed by atoms with Crippen LogP contribution in [-0.4, -0.2) is 18.3 Å². The minimum absolute atomic E-state index is 0.0633. The predicted octanol–water partition coefficient (Wildman–Crippen LogP) is 2.52. The number of pyridine rings is 1. The molecule has 0 spiro atoms. The fraction of sp³-hybridized carbons (Fsp3) is 0.0833. The van der Waals surface area contributed by atoms with Crippen molar-refractivity contribution in [2.45, 2.75) is 11.8 Å². The molecule has 2 rings (SSSR count). The molecule has 2 aromatic rings. The van der Waals surface area contributed by atoms with Gasteiger partial charge in [0.15, 0.2) is 17.5 Å². The Bertz CT molecular complexity index is 879. The van der Waals surface area contributed by atoms with Crippen molar-refractivity contribution in [3.05, 3.63) is 57.5 Å². The van der Waals surface area contributed by atoms with Crippen LogP contribution < -0.4 is 4.72 Å². The van der Waals surface area contributed by atoms with Gasteiger partial charge in [-0.15, -0.1) is 0 Å². The van der Waals surface area contributed by atoms with Crippen molar-refractivity contribution in [2.24, 2.45) is 0 Å². The van der Waals surface area contributed by atoms with Gasteiger partial charge in [-0.05, 0) is 25.1 Å². The van der Waals surface area contributed by atoms with Crippen molar-refractivity contribution in [1.29, 1.82) is 0 Å². The Morgan fingerprint density at radius 3 is 2.22 bits per heavy atom. The van der Waals surface area contributed by atoms with Gasteiger partial charge in [-0.3, -0.25) is 14.8 Å². The molecule has 1 N–H and O–H groups in total. The molecule has 0 bridgehead atoms. The summed E-state index contributed by atoms with van der Waals surface area (Å²) in [6.45, 7) is 1.28. The van der Waals surface area contributed by atoms with E-state index in [1.807, 2.05) is 4.72 Å². The van der Waals surface area contributed by atoms with Crippen molar-refractivity contribution in [3.63, 3.8) is 0 Å². The Balaban J connectivity index is 2.39. The predicted molar refractivity (Wildman–Crippen MR) is 72.8 cm³/mol. The SMILES string of the molecule is Cc1nc(NS(=O)(=O)c2cc(F)c(F)c(F)c2)ccc1[N+](=O)[O-]. The molecule has 0 aliphatic rings. The molecule has 122 valence electrons. The largest absolute Gasteiger partial charge is 0.290 e. The van der Waals surface area contributed by atoms with Crippen LogP contribution in [0.15, 0.2) is 29.2 Å². The minimum atomic E-state index is -4.45. The van der Waals surface area contributed by atoms with Crippen molar-refractivity contribution >= 4 is 21.5 Å². The monoisotopic (exact) mass is 347 g/mol. The second kappa shape index (κ2) is 5.83. The van der Waals surface area contributed by atoms with Gasteiger partial charge in [-0.1, -0.05) is 0 Å². The third-order valence-electron chi connectivity index (χ3n) is 2.76. The Morgan fingerprint density at radius 2 is 1.74 bits per heavy atom. The van der Waals surface area contributed by atoms with Crippen LogP contribution in [0.1, 0.15) is 5.69 Å². The minimum Gasteiger partial charge on any atom is -0.263 e. The molecule has 0 radical (unpaired) electrons. The van der Waals surface area contributed by atoms with Crippen LogP contribution >= 0.6 is 0 Å². The Kier molecular flexibility index (Phi) is 4.23. The first-order valence-corrected chi connectivity index (χ1v) is 7.39. The zero-order valence-corrected chi connectivity index (χ0v) is 12.2. The van der Waals surface area contributed by atoms with E-state index in [2.05, 4.69) is 4.98 Å². The highest BCUT2D eigenvalue weighted by Crippen LogP contribution is 2.22. The quantitative estimate of drug-likeness (QED) is 0.520. The van der Waals surface area contributed by atoms with E-state index in [1.165, 1.54) is 6.92 Å². The highest BCUT2D eigenvalue weighted by molar-refractivity contribution is 7.92. The number of benzene rings is 1. The molecule has 0 atom stereocenters. The van der Waals surface area contributed by atoms with Gasteiger partial charge >= 0.3 is 0 Å². The zero-order chi connectivity index (χ0) is 17.4. The lowest BCUT2D eigenvalue weighted by Crippen LogP contribution is -2.15. The number of hydrogen-bond acceptors (Lipinski definition) is 5. The lowest BCUT2D eigenvalue weighted by Gasteiger charge is -2.08. The summed E-state index contributed by atoms with van der Waals surface area (Å²) in [4.78, 5) is 12.8. The number of nitrogens with zero attached hydrogens (tertiary/aromatic N) is 2. The van der Waals surface area contributed by atoms with Crippen LogP contribution in [0.2, 0.25) is 0 Å². The molecule has 1 heterocycles. The summed E-state index contributed by atoms with van der Waals surface area (Å²) in [6, 6.07) is 2.64. The number of rotatable bonds is 4. The second-order valence-electron chi connectivity index (χ2n) is 4.36. The number of halogens is 3. The maximum absolute atomic E-state index is 13.1. The van der Waals surface area contributed by atoms with E-state index >= 15 is 0 Å². The first-order valence-electron chi connectivity index (χ1n) is 5.91. The topological polar surface area (TPSA) is 102 Å². The van der Waals surface area contributed by atoms with Crippen LogP contribution in [0.5, 0.6) is 0 Å². The summed E-state index contributed by atoms with van der Waals surface area (Å²) in [7, 11) is -4.45. The third-order valence-corrected chi connectivity index (χ3v) is 4.10. The molecule has 0 saturated carbocycles. The van der Waals surface area contributed by atoms with E-state index < -0.39 is 37.3 Å². The lowest BCUT2D eigenvalue weighted by atomic mass is 10.3. The zero-order valence-electron chi connectivity index (χ0n) is 11.4. The van der Waals surface area contributed by atoms with Gasteiger partial charge in [0.25, 0.3) is 15.7 Å². The van der Waals surface area contributed by atoms with Crippen molar-refractivity contribution in [2.75, 3.05) is 4.72 Å². The molecule has 0 unspecified atom stereocenters. The molecule has 0 saturated heterocycles. The highest BCUT2D eigenvalue weighted by Gasteiger charge is 2.21. The van der Waals surface area contributed by atoms with Gasteiger partial charge in [0, 0.05) is 6.07 Å². The van der Waals surface area contributed by atoms with Crippen LogP contribution in [-0.2, 0) is 10.0 Å². The fourth-order valence-electron chi connectivity index (χ4n) is 1.69. The first-order chi connectivity index (χ1) is 10.6. The second-order valence-corrected chi connectivity index (χ2v) is 6.05. The fourth-order valence-corrected chi connectivity index (χ4v) is 2.71. The number of hydrogen-bond donors (Lipinski definition) is 1. The molecule has 0 amide bonds. The Morgan fingerprint density at radius 1 is 1.17 bits per heavy atom. The molecule has 0 aliphatic heterocycles. The van der Waals surface area contributed by atoms with E-state index in [-0.39, 0.29) is 17.2 Å². The lowest BCUT2D eigenvalue weighted by molar-refractivity contribution is -0.385. The molecular weight excluding hydrogens is 339 g/mol. The van der Waals surface area contributed by atoms with Crippen molar-refractivity contribution in [1.82, 2.24) is 4.98 Å². The smallest absolute Gasteiger partial charge is 0.263 e. The van der Waals surface area contributed by atoms with Gasteiger partial charge in [0.2, 0.25) is 0 Å². The summed E-state index contributed by atoms with van der Waals surface area (Å²) in [5.74, 6) is -5.43. The van der Waals surface area contributed by atoms with E-state index in [4.69, 9.17) is 0 Å². The number of nitrogens with one attached hydrogen (secondary N) is 1. The summed E-state index contributed by atoms with van der Waals surface area (Å²) in [6.07, 6.45) is 0. The van der Waals surface area contributed by atoms with Gasteiger partial charge in [-0.2, -0.15) is 0 Å². The van der Waals surface area contributed by atoms with E-state index in [9.17, 15) is 31.7 Å². The molecule has 0 fully saturated rings. The molecule has 11 heteroatoms. The van der Waals surface area contributed by atoms with Gasteiger partial charge in [0.05, 0.1) is 9.82 Å². The van der Waals surface area contributed by atoms with E-state index in [1.54, 1.807) is 0 Å². The number of nitro groups is 1. The Hall–Kier alpha value is -2.69. The van der Waals surface area contributed by atoms with Crippen molar-refractivity contribution in [3.8, 4) is 0 Å². The number of sulfonamides is 1. The average molecular weight is 347 g/mol. The van der Waals surface area contributed by atoms with Gasteiger partial charge in [-0.25, -0.2) is 26.6 Å². The standard InChI is InChI=1S/C12H8F3N3O4S/c1-6-10(18(19)20)2-3-11(16-6)17-23(21,22)7-4-8(13)12(15)9(14)5-7/h2-5H,1H3,(H,16,17). The van der Waals surface area contributed by atoms with Crippen molar-refractivity contribution < 1.29 is 26.5 Å². The highest BCUT2D eigenvalue weighted by atomic mass is 32.2. The normalized spacial score (nSPS) is 11.3. The summed E-state index contributed by atoms with van der Waals surface area (Å²) >= 11 is 0. The van der Waals surface area contributed by atoms with E-state index in [0.717, 1.165) is 12.1 Å². The van der Waals surface area contributed by atoms with Crippen LogP contribution in [0.25, 0.3) is 0 Å². The van der Waals surface area contributed by atoms with Gasteiger partial charge < -0.3 is 0 Å². The van der Waals surface area contributed by atoms with Crippen LogP contribution in [0.4, 0.5) is 24.7 Å². The summed E-state index contributed by atoms with van der Waals surface area (Å²) in [5, 5.41) is 10.7.